The van der Waals surface area contributed by atoms with Crippen LogP contribution in [0.25, 0.3) is 0 Å². The van der Waals surface area contributed by atoms with Crippen molar-refractivity contribution in [1.29, 1.82) is 0 Å². The van der Waals surface area contributed by atoms with Gasteiger partial charge in [-0.15, -0.1) is 0 Å². The first-order chi connectivity index (χ1) is 3.92. The van der Waals surface area contributed by atoms with Gasteiger partial charge in [0.05, 0.1) is 6.61 Å². The molecule has 0 aliphatic carbocycles. The molecule has 0 aromatic rings. The van der Waals surface area contributed by atoms with Crippen LogP contribution < -0.4 is 0 Å². The van der Waals surface area contributed by atoms with Crippen LogP contribution in [-0.2, 0) is 14.5 Å². The molecule has 0 amide bonds. The molecule has 0 radical (unpaired) electrons. The minimum absolute atomic E-state index is 0.0323. The van der Waals surface area contributed by atoms with Gasteiger partial charge in [0.15, 0.2) is 0 Å². The second-order valence-electron chi connectivity index (χ2n) is 3.02. The van der Waals surface area contributed by atoms with Crippen molar-refractivity contribution in [2.45, 2.75) is 20.8 Å². The van der Waals surface area contributed by atoms with Gasteiger partial charge >= 0.3 is 0 Å². The molecule has 0 aliphatic rings. The highest BCUT2D eigenvalue weighted by atomic mass is 35.7. The quantitative estimate of drug-likeness (QED) is 0.592. The molecule has 0 fully saturated rings. The average Bonchev–Trinajstić information content (AvgIpc) is 1.59. The van der Waals surface area contributed by atoms with Gasteiger partial charge in [-0.1, -0.05) is 20.8 Å². The Bertz CT molecular complexity index is 108. The second kappa shape index (κ2) is 3.54. The van der Waals surface area contributed by atoms with Crippen molar-refractivity contribution in [1.82, 2.24) is 0 Å². The highest BCUT2D eigenvalue weighted by Crippen LogP contribution is 2.13. The Kier molecular flexibility index (Phi) is 3.70. The van der Waals surface area contributed by atoms with E-state index in [1.165, 1.54) is 0 Å². The Balaban J connectivity index is 3.39. The predicted molar refractivity (Wildman–Crippen MR) is 39.4 cm³/mol. The Morgan fingerprint density at radius 1 is 1.56 bits per heavy atom. The molecule has 0 aromatic heterocycles. The van der Waals surface area contributed by atoms with Crippen LogP contribution in [0.5, 0.6) is 0 Å². The van der Waals surface area contributed by atoms with Gasteiger partial charge in [-0.2, -0.15) is 0 Å². The van der Waals surface area contributed by atoms with Gasteiger partial charge in [0, 0.05) is 10.7 Å². The Hall–Kier alpha value is 0.400. The van der Waals surface area contributed by atoms with E-state index in [0.717, 1.165) is 0 Å². The Morgan fingerprint density at radius 2 is 2.00 bits per heavy atom. The van der Waals surface area contributed by atoms with Crippen molar-refractivity contribution in [2.75, 3.05) is 6.61 Å². The summed E-state index contributed by atoms with van der Waals surface area (Å²) in [5.74, 6) is 0. The summed E-state index contributed by atoms with van der Waals surface area (Å²) in [6, 6.07) is 0. The summed E-state index contributed by atoms with van der Waals surface area (Å²) in [4.78, 5) is 0. The van der Waals surface area contributed by atoms with E-state index in [1.54, 1.807) is 0 Å². The summed E-state index contributed by atoms with van der Waals surface area (Å²) in [7, 11) is 3.39. The highest BCUT2D eigenvalue weighted by Gasteiger charge is 2.11. The molecule has 0 aliphatic heterocycles. The fourth-order valence-corrected chi connectivity index (χ4v) is 0.803. The predicted octanol–water partition coefficient (Wildman–Crippen LogP) is 1.87. The molecule has 0 aromatic carbocycles. The summed E-state index contributed by atoms with van der Waals surface area (Å²) in [6.45, 7) is 6.37. The third-order valence-electron chi connectivity index (χ3n) is 0.585. The summed E-state index contributed by atoms with van der Waals surface area (Å²) in [5.41, 5.74) is 0.0323. The first-order valence-corrected chi connectivity index (χ1v) is 4.53. The van der Waals surface area contributed by atoms with E-state index in [0.29, 0.717) is 6.61 Å². The summed E-state index contributed by atoms with van der Waals surface area (Å²) < 4.78 is 14.8. The van der Waals surface area contributed by atoms with Crippen molar-refractivity contribution < 1.29 is 8.39 Å². The lowest BCUT2D eigenvalue weighted by atomic mass is 9.99. The number of halogens is 1. The molecule has 1 atom stereocenters. The molecule has 9 heavy (non-hydrogen) atoms. The van der Waals surface area contributed by atoms with E-state index < -0.39 is 10.3 Å². The van der Waals surface area contributed by atoms with E-state index in [2.05, 4.69) is 4.18 Å². The van der Waals surface area contributed by atoms with Gasteiger partial charge in [-0.25, -0.2) is 4.21 Å². The first-order valence-electron chi connectivity index (χ1n) is 2.63. The van der Waals surface area contributed by atoms with Crippen molar-refractivity contribution in [3.8, 4) is 0 Å². The SMILES string of the molecule is CC(C)(C)COS(=O)Cl. The lowest BCUT2D eigenvalue weighted by Crippen LogP contribution is -2.13. The molecule has 4 heteroatoms. The Labute approximate surface area is 62.7 Å². The molecule has 0 rings (SSSR count). The van der Waals surface area contributed by atoms with Crippen LogP contribution in [0.15, 0.2) is 0 Å². The maximum atomic E-state index is 10.1. The zero-order valence-corrected chi connectivity index (χ0v) is 7.38. The molecule has 1 unspecified atom stereocenters. The standard InChI is InChI=1S/C5H11ClO2S/c1-5(2,3)4-8-9(6)7/h4H2,1-3H3. The van der Waals surface area contributed by atoms with Gasteiger partial charge in [0.1, 0.15) is 0 Å². The van der Waals surface area contributed by atoms with Gasteiger partial charge < -0.3 is 0 Å². The summed E-state index contributed by atoms with van der Waals surface area (Å²) in [6.07, 6.45) is 0. The van der Waals surface area contributed by atoms with Gasteiger partial charge in [-0.05, 0) is 5.41 Å². The van der Waals surface area contributed by atoms with E-state index in [-0.39, 0.29) is 5.41 Å². The lowest BCUT2D eigenvalue weighted by Gasteiger charge is -2.15. The molecule has 0 spiro atoms. The molecule has 0 saturated heterocycles. The van der Waals surface area contributed by atoms with Gasteiger partial charge in [0.25, 0.3) is 10.3 Å². The maximum absolute atomic E-state index is 10.1. The average molecular weight is 171 g/mol. The van der Waals surface area contributed by atoms with Crippen LogP contribution >= 0.6 is 10.7 Å². The van der Waals surface area contributed by atoms with Crippen LogP contribution in [-0.4, -0.2) is 10.8 Å². The fourth-order valence-electron chi connectivity index (χ4n) is 0.223. The van der Waals surface area contributed by atoms with Crippen molar-refractivity contribution in [2.24, 2.45) is 5.41 Å². The van der Waals surface area contributed by atoms with Gasteiger partial charge in [0.2, 0.25) is 0 Å². The van der Waals surface area contributed by atoms with E-state index in [9.17, 15) is 4.21 Å². The highest BCUT2D eigenvalue weighted by molar-refractivity contribution is 8.04. The van der Waals surface area contributed by atoms with Crippen LogP contribution in [0, 0.1) is 5.41 Å². The van der Waals surface area contributed by atoms with Crippen molar-refractivity contribution in [3.63, 3.8) is 0 Å². The van der Waals surface area contributed by atoms with E-state index >= 15 is 0 Å². The van der Waals surface area contributed by atoms with E-state index in [1.807, 2.05) is 20.8 Å². The third-order valence-corrected chi connectivity index (χ3v) is 1.16. The fraction of sp³-hybridized carbons (Fsp3) is 1.00. The number of rotatable bonds is 2. The minimum atomic E-state index is -1.64. The molecule has 0 N–H and O–H groups in total. The van der Waals surface area contributed by atoms with Crippen molar-refractivity contribution in [3.05, 3.63) is 0 Å². The van der Waals surface area contributed by atoms with Crippen LogP contribution in [0.1, 0.15) is 20.8 Å². The number of hydrogen-bond donors (Lipinski definition) is 0. The Morgan fingerprint density at radius 3 is 2.11 bits per heavy atom. The topological polar surface area (TPSA) is 26.3 Å². The molecule has 0 bridgehead atoms. The van der Waals surface area contributed by atoms with Crippen LogP contribution in [0.3, 0.4) is 0 Å². The largest absolute Gasteiger partial charge is 0.278 e. The molecule has 56 valence electrons. The number of hydrogen-bond acceptors (Lipinski definition) is 2. The lowest BCUT2D eigenvalue weighted by molar-refractivity contribution is 0.219. The smallest absolute Gasteiger partial charge is 0.255 e. The molecule has 0 saturated carbocycles. The summed E-state index contributed by atoms with van der Waals surface area (Å²) >= 11 is 0. The van der Waals surface area contributed by atoms with Gasteiger partial charge in [-0.3, -0.25) is 4.18 Å². The molecular formula is C5H11ClO2S. The zero-order chi connectivity index (χ0) is 7.49. The normalized spacial score (nSPS) is 15.6. The minimum Gasteiger partial charge on any atom is -0.278 e. The third kappa shape index (κ3) is 8.40. The molecular weight excluding hydrogens is 160 g/mol. The second-order valence-corrected chi connectivity index (χ2v) is 4.40. The molecule has 0 heterocycles. The first kappa shape index (κ1) is 9.40. The molecule has 2 nitrogen and oxygen atoms in total. The van der Waals surface area contributed by atoms with E-state index in [4.69, 9.17) is 10.7 Å². The van der Waals surface area contributed by atoms with Crippen LogP contribution in [0.4, 0.5) is 0 Å². The maximum Gasteiger partial charge on any atom is 0.255 e. The van der Waals surface area contributed by atoms with Crippen LogP contribution in [0.2, 0.25) is 0 Å². The zero-order valence-electron chi connectivity index (χ0n) is 5.81. The van der Waals surface area contributed by atoms with Crippen molar-refractivity contribution >= 4 is 21.0 Å². The summed E-state index contributed by atoms with van der Waals surface area (Å²) in [5, 5.41) is 0. The monoisotopic (exact) mass is 170 g/mol.